The minimum Gasteiger partial charge on any atom is -0.347 e. The second-order valence-corrected chi connectivity index (χ2v) is 9.49. The fourth-order valence-electron chi connectivity index (χ4n) is 1.80. The summed E-state index contributed by atoms with van der Waals surface area (Å²) in [6, 6.07) is 7.84. The molecule has 0 unspecified atom stereocenters. The minimum absolute atomic E-state index is 0.0117. The molecule has 1 N–H and O–H groups in total. The Morgan fingerprint density at radius 1 is 1.38 bits per heavy atom. The number of benzene rings is 1. The maximum atomic E-state index is 12.3. The van der Waals surface area contributed by atoms with E-state index in [1.165, 1.54) is 43.7 Å². The Kier molecular flexibility index (Phi) is 6.40. The van der Waals surface area contributed by atoms with Crippen molar-refractivity contribution in [3.8, 4) is 0 Å². The zero-order valence-electron chi connectivity index (χ0n) is 12.7. The second kappa shape index (κ2) is 7.94. The van der Waals surface area contributed by atoms with Crippen molar-refractivity contribution < 1.29 is 18.0 Å². The highest BCUT2D eigenvalue weighted by atomic mass is 79.9. The molecule has 1 aromatic heterocycles. The van der Waals surface area contributed by atoms with Crippen LogP contribution in [0.4, 0.5) is 0 Å². The predicted molar refractivity (Wildman–Crippen MR) is 96.6 cm³/mol. The van der Waals surface area contributed by atoms with Gasteiger partial charge < -0.3 is 5.32 Å². The summed E-state index contributed by atoms with van der Waals surface area (Å²) in [5, 5.41) is 2.75. The Morgan fingerprint density at radius 2 is 2.08 bits per heavy atom. The van der Waals surface area contributed by atoms with Crippen molar-refractivity contribution in [2.24, 2.45) is 0 Å². The van der Waals surface area contributed by atoms with Crippen LogP contribution in [0.15, 0.2) is 39.0 Å². The SMILES string of the molecule is CON(C)S(=O)(=O)c1cc(C(=O)NCc2ccc(Br)s2)ccc1Cl. The van der Waals surface area contributed by atoms with E-state index in [1.54, 1.807) is 0 Å². The average molecular weight is 454 g/mol. The van der Waals surface area contributed by atoms with Crippen molar-refractivity contribution in [1.29, 1.82) is 0 Å². The molecule has 0 radical (unpaired) electrons. The van der Waals surface area contributed by atoms with Crippen LogP contribution in [0.25, 0.3) is 0 Å². The van der Waals surface area contributed by atoms with Gasteiger partial charge in [0.15, 0.2) is 0 Å². The Bertz CT molecular complexity index is 854. The van der Waals surface area contributed by atoms with Gasteiger partial charge in [0.05, 0.1) is 22.5 Å². The summed E-state index contributed by atoms with van der Waals surface area (Å²) in [6.45, 7) is 0.345. The molecule has 1 heterocycles. The largest absolute Gasteiger partial charge is 0.347 e. The number of thiophene rings is 1. The number of hydroxylamine groups is 1. The lowest BCUT2D eigenvalue weighted by Crippen LogP contribution is -2.27. The molecule has 1 aromatic carbocycles. The first-order valence-corrected chi connectivity index (χ1v) is 10.0. The summed E-state index contributed by atoms with van der Waals surface area (Å²) >= 11 is 10.8. The summed E-state index contributed by atoms with van der Waals surface area (Å²) in [4.78, 5) is 17.7. The van der Waals surface area contributed by atoms with Gasteiger partial charge in [0, 0.05) is 17.5 Å². The van der Waals surface area contributed by atoms with Crippen LogP contribution in [0.3, 0.4) is 0 Å². The molecule has 0 aliphatic heterocycles. The number of rotatable bonds is 6. The minimum atomic E-state index is -3.94. The first-order chi connectivity index (χ1) is 11.3. The van der Waals surface area contributed by atoms with Gasteiger partial charge in [-0.3, -0.25) is 9.63 Å². The number of carbonyl (C=O) groups is 1. The Hall–Kier alpha value is -0.970. The monoisotopic (exact) mass is 452 g/mol. The second-order valence-electron chi connectivity index (χ2n) is 4.63. The maximum Gasteiger partial charge on any atom is 0.266 e. The van der Waals surface area contributed by atoms with Gasteiger partial charge in [-0.1, -0.05) is 16.1 Å². The summed E-state index contributed by atoms with van der Waals surface area (Å²) < 4.78 is 26.3. The Morgan fingerprint density at radius 3 is 2.67 bits per heavy atom. The molecule has 0 spiro atoms. The van der Waals surface area contributed by atoms with E-state index in [1.807, 2.05) is 12.1 Å². The van der Waals surface area contributed by atoms with Gasteiger partial charge in [-0.2, -0.15) is 0 Å². The van der Waals surface area contributed by atoms with E-state index in [9.17, 15) is 13.2 Å². The highest BCUT2D eigenvalue weighted by molar-refractivity contribution is 9.11. The third kappa shape index (κ3) is 4.35. The summed E-state index contributed by atoms with van der Waals surface area (Å²) in [5.41, 5.74) is 0.193. The van der Waals surface area contributed by atoms with E-state index >= 15 is 0 Å². The number of hydrogen-bond donors (Lipinski definition) is 1. The van der Waals surface area contributed by atoms with Crippen LogP contribution < -0.4 is 5.32 Å². The van der Waals surface area contributed by atoms with Crippen LogP contribution in [0, 0.1) is 0 Å². The van der Waals surface area contributed by atoms with Gasteiger partial charge in [-0.05, 0) is 46.3 Å². The van der Waals surface area contributed by atoms with Crippen molar-refractivity contribution in [3.05, 3.63) is 49.6 Å². The number of carbonyl (C=O) groups excluding carboxylic acids is 1. The molecule has 0 fully saturated rings. The molecule has 130 valence electrons. The lowest BCUT2D eigenvalue weighted by molar-refractivity contribution is -0.0258. The molecular formula is C14H14BrClN2O4S2. The molecular weight excluding hydrogens is 440 g/mol. The van der Waals surface area contributed by atoms with E-state index in [-0.39, 0.29) is 15.5 Å². The normalized spacial score (nSPS) is 11.7. The van der Waals surface area contributed by atoms with Crippen LogP contribution in [0.5, 0.6) is 0 Å². The lowest BCUT2D eigenvalue weighted by atomic mass is 10.2. The Balaban J connectivity index is 2.22. The molecule has 2 rings (SSSR count). The van der Waals surface area contributed by atoms with Crippen LogP contribution in [0.1, 0.15) is 15.2 Å². The smallest absolute Gasteiger partial charge is 0.266 e. The van der Waals surface area contributed by atoms with Crippen molar-refractivity contribution in [1.82, 2.24) is 9.79 Å². The zero-order valence-corrected chi connectivity index (χ0v) is 16.7. The molecule has 0 atom stereocenters. The molecule has 0 aliphatic rings. The number of hydrogen-bond acceptors (Lipinski definition) is 5. The molecule has 0 saturated heterocycles. The number of sulfonamides is 1. The standard InChI is InChI=1S/C14H14BrClN2O4S2/c1-18(22-2)24(20,21)12-7-9(3-5-11(12)16)14(19)17-8-10-4-6-13(15)23-10/h3-7H,8H2,1-2H3,(H,17,19). The molecule has 1 amide bonds. The molecule has 2 aromatic rings. The first kappa shape index (κ1) is 19.4. The van der Waals surface area contributed by atoms with Gasteiger partial charge in [0.2, 0.25) is 0 Å². The average Bonchev–Trinajstić information content (AvgIpc) is 2.97. The van der Waals surface area contributed by atoms with Crippen molar-refractivity contribution in [2.45, 2.75) is 11.4 Å². The third-order valence-corrected chi connectivity index (χ3v) is 6.90. The van der Waals surface area contributed by atoms with Crippen molar-refractivity contribution >= 4 is 54.8 Å². The maximum absolute atomic E-state index is 12.3. The fourth-order valence-corrected chi connectivity index (χ4v) is 4.69. The van der Waals surface area contributed by atoms with E-state index in [0.717, 1.165) is 8.66 Å². The third-order valence-electron chi connectivity index (χ3n) is 3.12. The van der Waals surface area contributed by atoms with Crippen molar-refractivity contribution in [2.75, 3.05) is 14.2 Å². The van der Waals surface area contributed by atoms with Crippen LogP contribution in [-0.4, -0.2) is 33.0 Å². The predicted octanol–water partition coefficient (Wildman–Crippen LogP) is 3.28. The van der Waals surface area contributed by atoms with Crippen LogP contribution >= 0.6 is 38.9 Å². The summed E-state index contributed by atoms with van der Waals surface area (Å²) in [6.07, 6.45) is 0. The number of halogens is 2. The number of nitrogens with zero attached hydrogens (tertiary/aromatic N) is 1. The van der Waals surface area contributed by atoms with Crippen LogP contribution in [0.2, 0.25) is 5.02 Å². The van der Waals surface area contributed by atoms with E-state index in [4.69, 9.17) is 16.4 Å². The quantitative estimate of drug-likeness (QED) is 0.681. The molecule has 6 nitrogen and oxygen atoms in total. The van der Waals surface area contributed by atoms with E-state index in [2.05, 4.69) is 21.2 Å². The van der Waals surface area contributed by atoms with Crippen molar-refractivity contribution in [3.63, 3.8) is 0 Å². The Labute approximate surface area is 157 Å². The molecule has 10 heteroatoms. The summed E-state index contributed by atoms with van der Waals surface area (Å²) in [7, 11) is -1.48. The lowest BCUT2D eigenvalue weighted by Gasteiger charge is -2.15. The molecule has 0 saturated carbocycles. The topological polar surface area (TPSA) is 75.7 Å². The fraction of sp³-hybridized carbons (Fsp3) is 0.214. The number of nitrogens with one attached hydrogen (secondary N) is 1. The molecule has 0 bridgehead atoms. The van der Waals surface area contributed by atoms with E-state index in [0.29, 0.717) is 11.0 Å². The number of amides is 1. The van der Waals surface area contributed by atoms with Gasteiger partial charge >= 0.3 is 0 Å². The van der Waals surface area contributed by atoms with E-state index < -0.39 is 15.9 Å². The van der Waals surface area contributed by atoms with Gasteiger partial charge in [0.1, 0.15) is 4.90 Å². The molecule has 24 heavy (non-hydrogen) atoms. The van der Waals surface area contributed by atoms with Crippen LogP contribution in [-0.2, 0) is 21.4 Å². The van der Waals surface area contributed by atoms with Gasteiger partial charge in [-0.25, -0.2) is 8.42 Å². The highest BCUT2D eigenvalue weighted by Gasteiger charge is 2.25. The first-order valence-electron chi connectivity index (χ1n) is 6.60. The zero-order chi connectivity index (χ0) is 17.9. The van der Waals surface area contributed by atoms with Gasteiger partial charge in [-0.15, -0.1) is 11.3 Å². The van der Waals surface area contributed by atoms with Gasteiger partial charge in [0.25, 0.3) is 15.9 Å². The highest BCUT2D eigenvalue weighted by Crippen LogP contribution is 2.26. The summed E-state index contributed by atoms with van der Waals surface area (Å²) in [5.74, 6) is -0.396. The molecule has 0 aliphatic carbocycles.